The Bertz CT molecular complexity index is 1850. The molecule has 0 aromatic heterocycles. The fraction of sp³-hybridized carbons (Fsp3) is 0.963. The van der Waals surface area contributed by atoms with Gasteiger partial charge in [-0.2, -0.15) is 0 Å². The highest BCUT2D eigenvalue weighted by Crippen LogP contribution is 2.33. The standard InChI is InChI=1S/C81H155NO18/c1-3-5-7-9-11-13-15-17-19-21-23-24-25-26-27-28-29-30-31-32-33-34-35-36-37-38-39-40-41-43-45-47-49-51-53-55-57-59-69(87)82-64(65(86)58-56-54-52-50-48-46-44-42-22-20-18-16-14-12-10-8-6-4-2)63-95-79-75(93)72(90)77(67(61-84)97-79)100-81-76(94)73(91)78(68(62-85)98-81)99-80-74(92)71(89)70(88)66(60-83)96-80/h21,23,64-68,70-81,83-86,88-94H,3-20,22,24-63H2,1-2H3,(H,82,87)/b23-21-. The molecular weight excluding hydrogens is 1270 g/mol. The number of amides is 1. The Labute approximate surface area is 607 Å². The number of aliphatic hydroxyl groups excluding tert-OH is 11. The van der Waals surface area contributed by atoms with E-state index in [0.29, 0.717) is 12.8 Å². The van der Waals surface area contributed by atoms with Crippen LogP contribution in [0.25, 0.3) is 0 Å². The molecule has 0 saturated carbocycles. The third-order valence-corrected chi connectivity index (χ3v) is 21.3. The zero-order valence-corrected chi connectivity index (χ0v) is 63.5. The Balaban J connectivity index is 1.30. The minimum Gasteiger partial charge on any atom is -0.394 e. The molecule has 1 amide bonds. The number of hydrogen-bond acceptors (Lipinski definition) is 18. The van der Waals surface area contributed by atoms with Crippen molar-refractivity contribution in [2.75, 3.05) is 26.4 Å². The number of unbranched alkanes of at least 4 members (excludes halogenated alkanes) is 50. The molecule has 19 nitrogen and oxygen atoms in total. The first-order valence-corrected chi connectivity index (χ1v) is 41.9. The van der Waals surface area contributed by atoms with Gasteiger partial charge in [0, 0.05) is 6.42 Å². The lowest BCUT2D eigenvalue weighted by Crippen LogP contribution is -2.66. The summed E-state index contributed by atoms with van der Waals surface area (Å²) in [7, 11) is 0. The second kappa shape index (κ2) is 62.6. The monoisotopic (exact) mass is 1430 g/mol. The van der Waals surface area contributed by atoms with Gasteiger partial charge in [-0.3, -0.25) is 4.79 Å². The molecule has 3 heterocycles. The van der Waals surface area contributed by atoms with Gasteiger partial charge in [-0.05, 0) is 38.5 Å². The maximum absolute atomic E-state index is 13.5. The van der Waals surface area contributed by atoms with E-state index >= 15 is 0 Å². The second-order valence-corrected chi connectivity index (χ2v) is 30.3. The van der Waals surface area contributed by atoms with Gasteiger partial charge in [0.1, 0.15) is 73.2 Å². The second-order valence-electron chi connectivity index (χ2n) is 30.3. The van der Waals surface area contributed by atoms with E-state index in [4.69, 9.17) is 28.4 Å². The molecular formula is C81H155NO18. The van der Waals surface area contributed by atoms with Crippen LogP contribution >= 0.6 is 0 Å². The van der Waals surface area contributed by atoms with Gasteiger partial charge in [-0.25, -0.2) is 0 Å². The van der Waals surface area contributed by atoms with Crippen molar-refractivity contribution in [3.8, 4) is 0 Å². The third-order valence-electron chi connectivity index (χ3n) is 21.3. The van der Waals surface area contributed by atoms with E-state index in [1.54, 1.807) is 0 Å². The van der Waals surface area contributed by atoms with Crippen molar-refractivity contribution < 1.29 is 89.4 Å². The van der Waals surface area contributed by atoms with Crippen LogP contribution < -0.4 is 5.32 Å². The van der Waals surface area contributed by atoms with Gasteiger partial charge in [-0.1, -0.05) is 334 Å². The third kappa shape index (κ3) is 42.2. The fourth-order valence-electron chi connectivity index (χ4n) is 14.6. The highest BCUT2D eigenvalue weighted by Gasteiger charge is 2.54. The summed E-state index contributed by atoms with van der Waals surface area (Å²) in [4.78, 5) is 13.5. The molecule has 592 valence electrons. The molecule has 17 unspecified atom stereocenters. The number of rotatable bonds is 68. The minimum atomic E-state index is -1.97. The molecule has 0 radical (unpaired) electrons. The van der Waals surface area contributed by atoms with E-state index in [-0.39, 0.29) is 18.9 Å². The van der Waals surface area contributed by atoms with E-state index in [1.165, 1.54) is 289 Å². The number of nitrogens with one attached hydrogen (secondary N) is 1. The summed E-state index contributed by atoms with van der Waals surface area (Å²) < 4.78 is 34.5. The Morgan fingerprint density at radius 2 is 0.630 bits per heavy atom. The number of allylic oxidation sites excluding steroid dienone is 2. The van der Waals surface area contributed by atoms with Gasteiger partial charge in [0.15, 0.2) is 18.9 Å². The number of ether oxygens (including phenoxy) is 6. The average Bonchev–Trinajstić information content (AvgIpc) is 0.783. The van der Waals surface area contributed by atoms with Gasteiger partial charge in [0.2, 0.25) is 5.91 Å². The summed E-state index contributed by atoms with van der Waals surface area (Å²) in [6.45, 7) is 1.86. The van der Waals surface area contributed by atoms with Crippen LogP contribution in [0.2, 0.25) is 0 Å². The lowest BCUT2D eigenvalue weighted by molar-refractivity contribution is -0.379. The van der Waals surface area contributed by atoms with Gasteiger partial charge < -0.3 is 89.9 Å². The predicted octanol–water partition coefficient (Wildman–Crippen LogP) is 14.3. The quantitative estimate of drug-likeness (QED) is 0.0199. The molecule has 0 bridgehead atoms. The predicted molar refractivity (Wildman–Crippen MR) is 397 cm³/mol. The topological polar surface area (TPSA) is 307 Å². The van der Waals surface area contributed by atoms with Crippen LogP contribution in [0.1, 0.15) is 367 Å². The van der Waals surface area contributed by atoms with Crippen LogP contribution in [-0.2, 0) is 33.2 Å². The van der Waals surface area contributed by atoms with Crippen molar-refractivity contribution in [2.24, 2.45) is 0 Å². The molecule has 3 aliphatic rings. The number of hydrogen-bond donors (Lipinski definition) is 12. The van der Waals surface area contributed by atoms with Crippen LogP contribution in [0.5, 0.6) is 0 Å². The van der Waals surface area contributed by atoms with Crippen molar-refractivity contribution in [1.29, 1.82) is 0 Å². The van der Waals surface area contributed by atoms with Crippen molar-refractivity contribution >= 4 is 5.91 Å². The summed E-state index contributed by atoms with van der Waals surface area (Å²) in [5, 5.41) is 121. The number of aliphatic hydroxyl groups is 11. The van der Waals surface area contributed by atoms with E-state index in [0.717, 1.165) is 44.9 Å². The zero-order chi connectivity index (χ0) is 72.5. The zero-order valence-electron chi connectivity index (χ0n) is 63.5. The highest BCUT2D eigenvalue weighted by atomic mass is 16.8. The molecule has 3 fully saturated rings. The van der Waals surface area contributed by atoms with Crippen molar-refractivity contribution in [2.45, 2.75) is 471 Å². The molecule has 3 rings (SSSR count). The van der Waals surface area contributed by atoms with Crippen molar-refractivity contribution in [3.63, 3.8) is 0 Å². The first-order chi connectivity index (χ1) is 48.8. The van der Waals surface area contributed by atoms with Crippen LogP contribution in [0, 0.1) is 0 Å². The Kier molecular flexibility index (Phi) is 58.0. The van der Waals surface area contributed by atoms with E-state index in [9.17, 15) is 61.0 Å². The molecule has 0 aromatic carbocycles. The Hall–Kier alpha value is -1.47. The number of carbonyl (C=O) groups excluding carboxylic acids is 1. The molecule has 17 atom stereocenters. The molecule has 100 heavy (non-hydrogen) atoms. The molecule has 0 aliphatic carbocycles. The SMILES string of the molecule is CCCCCCCCCC/C=C\CCCCCCCCCCCCCCCCCCCCCCCCCCCC(=O)NC(COC1OC(CO)C(OC2OC(CO)C(OC3OC(CO)C(O)C(O)C3O)C(O)C2O)C(O)C1O)C(O)CCCCCCCCCCCCCCCCCCCC. The van der Waals surface area contributed by atoms with Crippen molar-refractivity contribution in [1.82, 2.24) is 5.32 Å². The van der Waals surface area contributed by atoms with E-state index in [2.05, 4.69) is 31.3 Å². The van der Waals surface area contributed by atoms with Crippen LogP contribution in [0.3, 0.4) is 0 Å². The average molecular weight is 1430 g/mol. The van der Waals surface area contributed by atoms with Crippen LogP contribution in [-0.4, -0.2) is 193 Å². The Morgan fingerprint density at radius 1 is 0.350 bits per heavy atom. The maximum atomic E-state index is 13.5. The van der Waals surface area contributed by atoms with Gasteiger partial charge in [0.25, 0.3) is 0 Å². The molecule has 19 heteroatoms. The molecule has 3 aliphatic heterocycles. The molecule has 0 spiro atoms. The van der Waals surface area contributed by atoms with Crippen molar-refractivity contribution in [3.05, 3.63) is 12.2 Å². The summed E-state index contributed by atoms with van der Waals surface area (Å²) in [6.07, 6.45) is 47.5. The Morgan fingerprint density at radius 3 is 0.970 bits per heavy atom. The van der Waals surface area contributed by atoms with Gasteiger partial charge in [-0.15, -0.1) is 0 Å². The van der Waals surface area contributed by atoms with Crippen LogP contribution in [0.15, 0.2) is 12.2 Å². The van der Waals surface area contributed by atoms with E-state index in [1.807, 2.05) is 0 Å². The summed E-state index contributed by atoms with van der Waals surface area (Å²) >= 11 is 0. The first kappa shape index (κ1) is 92.7. The lowest BCUT2D eigenvalue weighted by atomic mass is 9.96. The lowest BCUT2D eigenvalue weighted by Gasteiger charge is -2.48. The number of carbonyl (C=O) groups is 1. The summed E-state index contributed by atoms with van der Waals surface area (Å²) in [5.74, 6) is -0.234. The summed E-state index contributed by atoms with van der Waals surface area (Å²) in [6, 6.07) is -0.884. The van der Waals surface area contributed by atoms with Gasteiger partial charge in [0.05, 0.1) is 38.6 Å². The van der Waals surface area contributed by atoms with Crippen LogP contribution in [0.4, 0.5) is 0 Å². The first-order valence-electron chi connectivity index (χ1n) is 41.9. The largest absolute Gasteiger partial charge is 0.394 e. The fourth-order valence-corrected chi connectivity index (χ4v) is 14.6. The maximum Gasteiger partial charge on any atom is 0.220 e. The molecule has 0 aromatic rings. The smallest absolute Gasteiger partial charge is 0.220 e. The van der Waals surface area contributed by atoms with Gasteiger partial charge >= 0.3 is 0 Å². The molecule has 3 saturated heterocycles. The minimum absolute atomic E-state index is 0.234. The highest BCUT2D eigenvalue weighted by molar-refractivity contribution is 5.76. The normalized spacial score (nSPS) is 26.4. The summed E-state index contributed by atoms with van der Waals surface area (Å²) in [5.41, 5.74) is 0. The molecule has 12 N–H and O–H groups in total. The van der Waals surface area contributed by atoms with E-state index < -0.39 is 124 Å².